The Morgan fingerprint density at radius 3 is 2.56 bits per heavy atom. The van der Waals surface area contributed by atoms with Crippen LogP contribution in [0, 0.1) is 11.8 Å². The molecule has 4 aliphatic heterocycles. The third-order valence-corrected chi connectivity index (χ3v) is 7.57. The summed E-state index contributed by atoms with van der Waals surface area (Å²) < 4.78 is 12.2. The normalized spacial score (nSPS) is 37.0. The van der Waals surface area contributed by atoms with Crippen LogP contribution >= 0.6 is 0 Å². The van der Waals surface area contributed by atoms with Crippen LogP contribution in [0.4, 0.5) is 0 Å². The molecule has 1 N–H and O–H groups in total. The fraction of sp³-hybridized carbons (Fsp3) is 0.708. The summed E-state index contributed by atoms with van der Waals surface area (Å²) in [5, 5.41) is 10.1. The second kappa shape index (κ2) is 8.63. The maximum atomic E-state index is 14.0. The number of carbonyl (C=O) groups excluding carboxylic acids is 3. The van der Waals surface area contributed by atoms with Crippen molar-refractivity contribution < 1.29 is 29.0 Å². The van der Waals surface area contributed by atoms with Gasteiger partial charge in [0.05, 0.1) is 18.6 Å². The van der Waals surface area contributed by atoms with Gasteiger partial charge in [0.15, 0.2) is 0 Å². The van der Waals surface area contributed by atoms with E-state index in [0.29, 0.717) is 25.9 Å². The van der Waals surface area contributed by atoms with Crippen molar-refractivity contribution in [3.05, 3.63) is 24.3 Å². The molecule has 8 nitrogen and oxygen atoms in total. The van der Waals surface area contributed by atoms with Crippen LogP contribution in [0.3, 0.4) is 0 Å². The van der Waals surface area contributed by atoms with E-state index < -0.39 is 41.1 Å². The van der Waals surface area contributed by atoms with E-state index in [2.05, 4.69) is 6.92 Å². The topological polar surface area (TPSA) is 96.4 Å². The molecule has 4 rings (SSSR count). The lowest BCUT2D eigenvalue weighted by Gasteiger charge is -2.40. The number of hydrogen-bond acceptors (Lipinski definition) is 6. The van der Waals surface area contributed by atoms with Gasteiger partial charge in [-0.25, -0.2) is 0 Å². The Kier molecular flexibility index (Phi) is 6.20. The number of amides is 2. The molecule has 0 aliphatic carbocycles. The van der Waals surface area contributed by atoms with Crippen LogP contribution in [0.5, 0.6) is 0 Å². The molecule has 4 aliphatic rings. The van der Waals surface area contributed by atoms with Gasteiger partial charge < -0.3 is 24.4 Å². The molecule has 4 heterocycles. The zero-order valence-corrected chi connectivity index (χ0v) is 19.2. The number of likely N-dealkylation sites (tertiary alicyclic amines) is 1. The van der Waals surface area contributed by atoms with Gasteiger partial charge in [0.25, 0.3) is 0 Å². The van der Waals surface area contributed by atoms with E-state index in [0.717, 1.165) is 12.8 Å². The Balaban J connectivity index is 1.88. The molecule has 2 saturated heterocycles. The molecule has 0 radical (unpaired) electrons. The van der Waals surface area contributed by atoms with Crippen molar-refractivity contribution in [3.8, 4) is 0 Å². The SMILES string of the molecule is CCCCN1CC=C[C@]23O[C@]4(CC)C=CCOC(=O)[C@@H]4[C@H]2C(=O)N([C@@H](CC)CO)C3C1=O. The van der Waals surface area contributed by atoms with Gasteiger partial charge in [-0.2, -0.15) is 0 Å². The summed E-state index contributed by atoms with van der Waals surface area (Å²) in [5.41, 5.74) is -2.29. The summed E-state index contributed by atoms with van der Waals surface area (Å²) in [5.74, 6) is -2.71. The molecular weight excluding hydrogens is 412 g/mol. The summed E-state index contributed by atoms with van der Waals surface area (Å²) in [6, 6.07) is -1.46. The van der Waals surface area contributed by atoms with Crippen molar-refractivity contribution in [3.63, 3.8) is 0 Å². The minimum atomic E-state index is -1.28. The van der Waals surface area contributed by atoms with Crippen LogP contribution in [0.25, 0.3) is 0 Å². The highest BCUT2D eigenvalue weighted by Crippen LogP contribution is 2.58. The molecule has 6 atom stereocenters. The quantitative estimate of drug-likeness (QED) is 0.470. The lowest BCUT2D eigenvalue weighted by molar-refractivity contribution is -0.161. The zero-order valence-electron chi connectivity index (χ0n) is 19.2. The number of cyclic esters (lactones) is 1. The molecule has 176 valence electrons. The van der Waals surface area contributed by atoms with Gasteiger partial charge in [-0.15, -0.1) is 0 Å². The van der Waals surface area contributed by atoms with E-state index in [-0.39, 0.29) is 25.0 Å². The standard InChI is InChI=1S/C24H34N2O6/c1-4-7-12-25-13-8-11-24-17(18-22(30)31-14-9-10-23(18,6-3)32-24)20(28)26(16(5-2)15-27)19(24)21(25)29/h8-11,16-19,27H,4-7,12-15H2,1-3H3/t16-,17-,18-,19?,23+,24-/m0/s1. The third-order valence-electron chi connectivity index (χ3n) is 7.57. The van der Waals surface area contributed by atoms with Crippen LogP contribution in [-0.4, -0.2) is 82.3 Å². The van der Waals surface area contributed by atoms with E-state index >= 15 is 0 Å². The number of unbranched alkanes of at least 4 members (excludes halogenated alkanes) is 1. The molecule has 2 fully saturated rings. The van der Waals surface area contributed by atoms with Crippen LogP contribution in [-0.2, 0) is 23.9 Å². The van der Waals surface area contributed by atoms with Gasteiger partial charge in [0.2, 0.25) is 11.8 Å². The highest BCUT2D eigenvalue weighted by atomic mass is 16.6. The Morgan fingerprint density at radius 2 is 1.91 bits per heavy atom. The van der Waals surface area contributed by atoms with Crippen molar-refractivity contribution in [2.24, 2.45) is 11.8 Å². The zero-order chi connectivity index (χ0) is 23.1. The number of fused-ring (bicyclic) bond motifs is 2. The van der Waals surface area contributed by atoms with Gasteiger partial charge in [-0.3, -0.25) is 14.4 Å². The number of esters is 1. The van der Waals surface area contributed by atoms with Crippen LogP contribution in [0.2, 0.25) is 0 Å². The Labute approximate surface area is 189 Å². The molecule has 0 aromatic carbocycles. The molecule has 1 spiro atoms. The van der Waals surface area contributed by atoms with Crippen molar-refractivity contribution >= 4 is 17.8 Å². The predicted molar refractivity (Wildman–Crippen MR) is 116 cm³/mol. The van der Waals surface area contributed by atoms with Crippen LogP contribution in [0.1, 0.15) is 46.5 Å². The first-order valence-electron chi connectivity index (χ1n) is 11.8. The average molecular weight is 447 g/mol. The summed E-state index contributed by atoms with van der Waals surface area (Å²) >= 11 is 0. The summed E-state index contributed by atoms with van der Waals surface area (Å²) in [7, 11) is 0. The second-order valence-electron chi connectivity index (χ2n) is 9.18. The highest BCUT2D eigenvalue weighted by molar-refractivity contribution is 5.99. The maximum Gasteiger partial charge on any atom is 0.313 e. The molecule has 0 aromatic heterocycles. The molecule has 32 heavy (non-hydrogen) atoms. The lowest BCUT2D eigenvalue weighted by Crippen LogP contribution is -2.58. The first-order valence-corrected chi connectivity index (χ1v) is 11.8. The maximum absolute atomic E-state index is 14.0. The molecule has 0 aromatic rings. The molecular formula is C24H34N2O6. The summed E-state index contributed by atoms with van der Waals surface area (Å²) in [6.45, 7) is 6.74. The largest absolute Gasteiger partial charge is 0.461 e. The van der Waals surface area contributed by atoms with Crippen molar-refractivity contribution in [2.75, 3.05) is 26.3 Å². The predicted octanol–water partition coefficient (Wildman–Crippen LogP) is 1.43. The summed E-state index contributed by atoms with van der Waals surface area (Å²) in [6.07, 6.45) is 10.1. The molecule has 1 unspecified atom stereocenters. The minimum absolute atomic E-state index is 0.134. The number of hydrogen-bond donors (Lipinski definition) is 1. The highest BCUT2D eigenvalue weighted by Gasteiger charge is 2.75. The van der Waals surface area contributed by atoms with Crippen molar-refractivity contribution in [1.82, 2.24) is 9.80 Å². The van der Waals surface area contributed by atoms with Crippen molar-refractivity contribution in [1.29, 1.82) is 0 Å². The minimum Gasteiger partial charge on any atom is -0.461 e. The molecule has 2 amide bonds. The van der Waals surface area contributed by atoms with Crippen LogP contribution in [0.15, 0.2) is 24.3 Å². The Morgan fingerprint density at radius 1 is 1.12 bits per heavy atom. The number of aliphatic hydroxyl groups excluding tert-OH is 1. The fourth-order valence-corrected chi connectivity index (χ4v) is 5.94. The number of carbonyl (C=O) groups is 3. The molecule has 0 saturated carbocycles. The second-order valence-corrected chi connectivity index (χ2v) is 9.18. The third kappa shape index (κ3) is 3.14. The first-order chi connectivity index (χ1) is 15.4. The number of rotatable bonds is 7. The van der Waals surface area contributed by atoms with Gasteiger partial charge in [-0.1, -0.05) is 45.4 Å². The van der Waals surface area contributed by atoms with E-state index in [1.165, 1.54) is 4.90 Å². The lowest BCUT2D eigenvalue weighted by atomic mass is 9.73. The monoisotopic (exact) mass is 446 g/mol. The van der Waals surface area contributed by atoms with E-state index in [1.807, 2.05) is 32.1 Å². The average Bonchev–Trinajstić information content (AvgIpc) is 3.07. The summed E-state index contributed by atoms with van der Waals surface area (Å²) in [4.78, 5) is 44.3. The van der Waals surface area contributed by atoms with E-state index in [9.17, 15) is 19.5 Å². The smallest absolute Gasteiger partial charge is 0.313 e. The first kappa shape index (κ1) is 23.0. The van der Waals surface area contributed by atoms with Crippen molar-refractivity contribution in [2.45, 2.75) is 69.7 Å². The van der Waals surface area contributed by atoms with Gasteiger partial charge in [-0.05, 0) is 25.3 Å². The van der Waals surface area contributed by atoms with Gasteiger partial charge in [0, 0.05) is 13.1 Å². The van der Waals surface area contributed by atoms with Gasteiger partial charge >= 0.3 is 5.97 Å². The number of nitrogens with zero attached hydrogens (tertiary/aromatic N) is 2. The van der Waals surface area contributed by atoms with Gasteiger partial charge in [0.1, 0.15) is 29.8 Å². The number of ether oxygens (including phenoxy) is 2. The molecule has 8 heteroatoms. The molecule has 0 bridgehead atoms. The van der Waals surface area contributed by atoms with Crippen LogP contribution < -0.4 is 0 Å². The Hall–Kier alpha value is -2.19. The fourth-order valence-electron chi connectivity index (χ4n) is 5.94. The van der Waals surface area contributed by atoms with E-state index in [4.69, 9.17) is 9.47 Å². The Bertz CT molecular complexity index is 836. The van der Waals surface area contributed by atoms with E-state index in [1.54, 1.807) is 11.0 Å². The number of aliphatic hydroxyl groups is 1.